The number of nitrogens with two attached hydrogens (primary N) is 1. The van der Waals surface area contributed by atoms with E-state index in [0.717, 1.165) is 12.1 Å². The number of rotatable bonds is 7. The van der Waals surface area contributed by atoms with Crippen molar-refractivity contribution >= 4 is 15.7 Å². The highest BCUT2D eigenvalue weighted by Crippen LogP contribution is 2.28. The van der Waals surface area contributed by atoms with Crippen LogP contribution in [-0.2, 0) is 10.0 Å². The van der Waals surface area contributed by atoms with Gasteiger partial charge in [-0.15, -0.1) is 0 Å². The van der Waals surface area contributed by atoms with Crippen LogP contribution in [0.2, 0.25) is 0 Å². The van der Waals surface area contributed by atoms with Crippen LogP contribution in [0.25, 0.3) is 0 Å². The van der Waals surface area contributed by atoms with Gasteiger partial charge < -0.3 is 15.6 Å². The average molecular weight is 320 g/mol. The second kappa shape index (κ2) is 7.06. The van der Waals surface area contributed by atoms with Crippen molar-refractivity contribution in [1.29, 1.82) is 0 Å². The minimum atomic E-state index is -3.97. The van der Waals surface area contributed by atoms with E-state index in [1.54, 1.807) is 0 Å². The second-order valence-electron chi connectivity index (χ2n) is 5.16. The first kappa shape index (κ1) is 17.7. The van der Waals surface area contributed by atoms with Gasteiger partial charge in [-0.25, -0.2) is 17.5 Å². The van der Waals surface area contributed by atoms with E-state index < -0.39 is 21.9 Å². The first-order valence-electron chi connectivity index (χ1n) is 6.47. The van der Waals surface area contributed by atoms with E-state index in [9.17, 15) is 17.9 Å². The van der Waals surface area contributed by atoms with Gasteiger partial charge in [-0.05, 0) is 24.5 Å². The number of aliphatic hydroxyl groups is 1. The molecule has 0 fully saturated rings. The number of anilines is 1. The molecule has 6 nitrogen and oxygen atoms in total. The van der Waals surface area contributed by atoms with E-state index >= 15 is 0 Å². The zero-order valence-electron chi connectivity index (χ0n) is 12.3. The van der Waals surface area contributed by atoms with E-state index in [4.69, 9.17) is 10.5 Å². The Bertz CT molecular complexity index is 567. The molecule has 0 aliphatic heterocycles. The van der Waals surface area contributed by atoms with Crippen LogP contribution in [0.1, 0.15) is 20.3 Å². The maximum atomic E-state index is 13.7. The van der Waals surface area contributed by atoms with Gasteiger partial charge in [-0.3, -0.25) is 0 Å². The molecule has 1 aromatic rings. The summed E-state index contributed by atoms with van der Waals surface area (Å²) in [6.07, 6.45) is 0.462. The van der Waals surface area contributed by atoms with E-state index in [1.807, 2.05) is 13.8 Å². The van der Waals surface area contributed by atoms with Gasteiger partial charge in [0.2, 0.25) is 10.0 Å². The number of aliphatic hydroxyl groups excluding tert-OH is 1. The normalized spacial score (nSPS) is 13.4. The van der Waals surface area contributed by atoms with Crippen LogP contribution in [0.5, 0.6) is 5.75 Å². The molecule has 0 saturated heterocycles. The molecule has 0 bridgehead atoms. The van der Waals surface area contributed by atoms with Crippen molar-refractivity contribution in [2.24, 2.45) is 5.92 Å². The van der Waals surface area contributed by atoms with E-state index in [2.05, 4.69) is 4.72 Å². The Morgan fingerprint density at radius 3 is 2.48 bits per heavy atom. The third kappa shape index (κ3) is 4.55. The molecule has 1 aromatic carbocycles. The summed E-state index contributed by atoms with van der Waals surface area (Å²) in [5.74, 6) is -0.861. The molecule has 8 heteroatoms. The quantitative estimate of drug-likeness (QED) is 0.653. The van der Waals surface area contributed by atoms with Gasteiger partial charge in [0, 0.05) is 6.04 Å². The van der Waals surface area contributed by atoms with Gasteiger partial charge in [0.1, 0.15) is 0 Å². The molecule has 0 spiro atoms. The summed E-state index contributed by atoms with van der Waals surface area (Å²) in [5, 5.41) is 9.23. The van der Waals surface area contributed by atoms with Gasteiger partial charge in [-0.2, -0.15) is 0 Å². The second-order valence-corrected chi connectivity index (χ2v) is 6.87. The fourth-order valence-corrected chi connectivity index (χ4v) is 3.26. The van der Waals surface area contributed by atoms with Gasteiger partial charge in [0.05, 0.1) is 24.3 Å². The molecule has 0 saturated carbocycles. The lowest BCUT2D eigenvalue weighted by molar-refractivity contribution is 0.240. The summed E-state index contributed by atoms with van der Waals surface area (Å²) >= 11 is 0. The Kier molecular flexibility index (Phi) is 5.94. The molecule has 0 aliphatic rings. The number of sulfonamides is 1. The van der Waals surface area contributed by atoms with Crippen LogP contribution in [-0.4, -0.2) is 33.3 Å². The molecular weight excluding hydrogens is 299 g/mol. The predicted octanol–water partition coefficient (Wildman–Crippen LogP) is 1.10. The zero-order valence-corrected chi connectivity index (χ0v) is 13.1. The van der Waals surface area contributed by atoms with Crippen LogP contribution in [0.4, 0.5) is 10.1 Å². The summed E-state index contributed by atoms with van der Waals surface area (Å²) in [7, 11) is -2.73. The monoisotopic (exact) mass is 320 g/mol. The Hall–Kier alpha value is -1.38. The van der Waals surface area contributed by atoms with Gasteiger partial charge in [0.25, 0.3) is 0 Å². The van der Waals surface area contributed by atoms with Crippen LogP contribution >= 0.6 is 0 Å². The smallest absolute Gasteiger partial charge is 0.241 e. The highest BCUT2D eigenvalue weighted by atomic mass is 32.2. The number of hydrogen-bond donors (Lipinski definition) is 3. The lowest BCUT2D eigenvalue weighted by atomic mass is 10.1. The van der Waals surface area contributed by atoms with Crippen LogP contribution < -0.4 is 15.2 Å². The first-order valence-corrected chi connectivity index (χ1v) is 7.95. The molecule has 0 amide bonds. The molecule has 0 heterocycles. The topological polar surface area (TPSA) is 102 Å². The lowest BCUT2D eigenvalue weighted by Crippen LogP contribution is -2.38. The van der Waals surface area contributed by atoms with Gasteiger partial charge >= 0.3 is 0 Å². The summed E-state index contributed by atoms with van der Waals surface area (Å²) in [6.45, 7) is 3.47. The van der Waals surface area contributed by atoms with Crippen LogP contribution in [0.15, 0.2) is 17.0 Å². The highest BCUT2D eigenvalue weighted by Gasteiger charge is 2.23. The molecule has 120 valence electrons. The van der Waals surface area contributed by atoms with Crippen molar-refractivity contribution in [3.8, 4) is 5.75 Å². The Morgan fingerprint density at radius 1 is 1.43 bits per heavy atom. The van der Waals surface area contributed by atoms with Gasteiger partial charge in [0.15, 0.2) is 11.6 Å². The van der Waals surface area contributed by atoms with Gasteiger partial charge in [-0.1, -0.05) is 13.8 Å². The van der Waals surface area contributed by atoms with Crippen molar-refractivity contribution in [1.82, 2.24) is 4.72 Å². The number of ether oxygens (including phenoxy) is 1. The number of benzene rings is 1. The molecule has 0 aromatic heterocycles. The third-order valence-corrected chi connectivity index (χ3v) is 4.36. The molecule has 4 N–H and O–H groups in total. The Balaban J connectivity index is 3.08. The third-order valence-electron chi connectivity index (χ3n) is 2.86. The zero-order chi connectivity index (χ0) is 16.2. The Morgan fingerprint density at radius 2 is 2.05 bits per heavy atom. The Labute approximate surface area is 124 Å². The summed E-state index contributed by atoms with van der Waals surface area (Å²) in [4.78, 5) is -0.305. The minimum Gasteiger partial charge on any atom is -0.492 e. The molecule has 1 rings (SSSR count). The number of halogens is 1. The van der Waals surface area contributed by atoms with Crippen molar-refractivity contribution in [3.63, 3.8) is 0 Å². The van der Waals surface area contributed by atoms with Crippen molar-refractivity contribution < 1.29 is 22.7 Å². The molecular formula is C13H21FN2O4S. The fourth-order valence-electron chi connectivity index (χ4n) is 1.98. The standard InChI is InChI=1S/C13H21FN2O4S/c1-8(2)4-9(7-17)16-21(18,19)10-5-11(14)13(20-3)12(15)6-10/h5-6,8-9,16-17H,4,7,15H2,1-3H3. The van der Waals surface area contributed by atoms with E-state index in [0.29, 0.717) is 6.42 Å². The lowest BCUT2D eigenvalue weighted by Gasteiger charge is -2.18. The minimum absolute atomic E-state index is 0.109. The highest BCUT2D eigenvalue weighted by molar-refractivity contribution is 7.89. The SMILES string of the molecule is COc1c(N)cc(S(=O)(=O)NC(CO)CC(C)C)cc1F. The number of methoxy groups -OCH3 is 1. The summed E-state index contributed by atoms with van der Waals surface area (Å²) < 4.78 is 45.2. The molecule has 1 atom stereocenters. The molecule has 1 unspecified atom stereocenters. The van der Waals surface area contributed by atoms with Crippen LogP contribution in [0.3, 0.4) is 0 Å². The summed E-state index contributed by atoms with van der Waals surface area (Å²) in [5.41, 5.74) is 5.46. The maximum absolute atomic E-state index is 13.7. The van der Waals surface area contributed by atoms with Crippen molar-refractivity contribution in [2.75, 3.05) is 19.5 Å². The average Bonchev–Trinajstić information content (AvgIpc) is 2.36. The first-order chi connectivity index (χ1) is 9.71. The number of nitrogens with one attached hydrogen (secondary N) is 1. The fraction of sp³-hybridized carbons (Fsp3) is 0.538. The largest absolute Gasteiger partial charge is 0.492 e. The van der Waals surface area contributed by atoms with Crippen molar-refractivity contribution in [2.45, 2.75) is 31.2 Å². The van der Waals surface area contributed by atoms with Crippen LogP contribution in [0, 0.1) is 11.7 Å². The van der Waals surface area contributed by atoms with E-state index in [-0.39, 0.29) is 28.9 Å². The maximum Gasteiger partial charge on any atom is 0.241 e. The van der Waals surface area contributed by atoms with Crippen molar-refractivity contribution in [3.05, 3.63) is 17.9 Å². The van der Waals surface area contributed by atoms with E-state index in [1.165, 1.54) is 7.11 Å². The number of hydrogen-bond acceptors (Lipinski definition) is 5. The number of nitrogen functional groups attached to an aromatic ring is 1. The predicted molar refractivity (Wildman–Crippen MR) is 78.0 cm³/mol. The molecule has 21 heavy (non-hydrogen) atoms. The molecule has 0 radical (unpaired) electrons. The molecule has 0 aliphatic carbocycles. The summed E-state index contributed by atoms with van der Waals surface area (Å²) in [6, 6.07) is 1.32.